The van der Waals surface area contributed by atoms with E-state index < -0.39 is 10.0 Å². The van der Waals surface area contributed by atoms with Gasteiger partial charge in [-0.2, -0.15) is 4.98 Å². The van der Waals surface area contributed by atoms with Gasteiger partial charge in [0.2, 0.25) is 15.3 Å². The minimum absolute atomic E-state index is 0.0627. The number of hydrogen-bond donors (Lipinski definition) is 2. The van der Waals surface area contributed by atoms with Crippen molar-refractivity contribution in [3.05, 3.63) is 16.5 Å². The van der Waals surface area contributed by atoms with Gasteiger partial charge in [-0.3, -0.25) is 0 Å². The predicted octanol–water partition coefficient (Wildman–Crippen LogP) is 2.06. The van der Waals surface area contributed by atoms with Gasteiger partial charge in [0.15, 0.2) is 0 Å². The van der Waals surface area contributed by atoms with Crippen LogP contribution in [-0.2, 0) is 10.0 Å². The molecule has 1 aliphatic rings. The Morgan fingerprint density at radius 3 is 2.70 bits per heavy atom. The van der Waals surface area contributed by atoms with Crippen LogP contribution in [0.1, 0.15) is 25.7 Å². The van der Waals surface area contributed by atoms with Crippen molar-refractivity contribution in [1.82, 2.24) is 14.7 Å². The molecule has 1 heterocycles. The first-order valence-electron chi connectivity index (χ1n) is 6.25. The molecule has 0 bridgehead atoms. The molecule has 1 aromatic rings. The highest BCUT2D eigenvalue weighted by atomic mass is 35.5. The van der Waals surface area contributed by atoms with Crippen molar-refractivity contribution in [3.8, 4) is 0 Å². The quantitative estimate of drug-likeness (QED) is 0.821. The van der Waals surface area contributed by atoms with E-state index in [2.05, 4.69) is 20.0 Å². The van der Waals surface area contributed by atoms with Crippen LogP contribution in [0, 0.1) is 0 Å². The highest BCUT2D eigenvalue weighted by molar-refractivity contribution is 7.88. The molecule has 2 N–H and O–H groups in total. The highest BCUT2D eigenvalue weighted by Crippen LogP contribution is 2.26. The number of hydrogen-bond acceptors (Lipinski definition) is 5. The lowest BCUT2D eigenvalue weighted by Crippen LogP contribution is -2.41. The van der Waals surface area contributed by atoms with Gasteiger partial charge in [0.05, 0.1) is 12.5 Å². The largest absolute Gasteiger partial charge is 0.366 e. The fourth-order valence-corrected chi connectivity index (χ4v) is 3.47. The molecule has 2 rings (SSSR count). The van der Waals surface area contributed by atoms with Crippen molar-refractivity contribution in [3.63, 3.8) is 0 Å². The molecule has 6 nitrogen and oxygen atoms in total. The zero-order valence-corrected chi connectivity index (χ0v) is 13.3. The van der Waals surface area contributed by atoms with Gasteiger partial charge in [0.25, 0.3) is 0 Å². The van der Waals surface area contributed by atoms with E-state index in [1.807, 2.05) is 0 Å². The fraction of sp³-hybridized carbons (Fsp3) is 0.636. The molecule has 1 fully saturated rings. The summed E-state index contributed by atoms with van der Waals surface area (Å²) in [7, 11) is -3.19. The Labute approximate surface area is 128 Å². The second-order valence-electron chi connectivity index (χ2n) is 4.93. The molecule has 0 aliphatic heterocycles. The van der Waals surface area contributed by atoms with Gasteiger partial charge >= 0.3 is 0 Å². The summed E-state index contributed by atoms with van der Waals surface area (Å²) in [5.74, 6) is 0.483. The number of rotatable bonds is 4. The topological polar surface area (TPSA) is 84.0 Å². The molecule has 1 saturated carbocycles. The first kappa shape index (κ1) is 15.8. The van der Waals surface area contributed by atoms with Gasteiger partial charge in [0.1, 0.15) is 10.8 Å². The molecule has 1 aromatic heterocycles. The second kappa shape index (κ2) is 6.43. The fourth-order valence-electron chi connectivity index (χ4n) is 2.37. The number of nitrogens with zero attached hydrogens (tertiary/aromatic N) is 2. The lowest BCUT2D eigenvalue weighted by molar-refractivity contribution is 0.386. The van der Waals surface area contributed by atoms with Crippen molar-refractivity contribution >= 4 is 39.0 Å². The van der Waals surface area contributed by atoms with Gasteiger partial charge in [0, 0.05) is 12.1 Å². The van der Waals surface area contributed by atoms with E-state index in [4.69, 9.17) is 23.2 Å². The number of nitrogens with one attached hydrogen (secondary N) is 2. The molecule has 112 valence electrons. The van der Waals surface area contributed by atoms with Crippen LogP contribution < -0.4 is 10.0 Å². The smallest absolute Gasteiger partial charge is 0.224 e. The predicted molar refractivity (Wildman–Crippen MR) is 79.7 cm³/mol. The molecular weight excluding hydrogens is 323 g/mol. The average molecular weight is 339 g/mol. The minimum atomic E-state index is -3.19. The van der Waals surface area contributed by atoms with Crippen molar-refractivity contribution in [1.29, 1.82) is 0 Å². The Morgan fingerprint density at radius 1 is 1.30 bits per heavy atom. The van der Waals surface area contributed by atoms with E-state index >= 15 is 0 Å². The monoisotopic (exact) mass is 338 g/mol. The Morgan fingerprint density at radius 2 is 2.00 bits per heavy atom. The Balaban J connectivity index is 2.01. The van der Waals surface area contributed by atoms with Gasteiger partial charge in [-0.15, -0.1) is 0 Å². The number of anilines is 1. The van der Waals surface area contributed by atoms with E-state index in [0.717, 1.165) is 19.3 Å². The molecule has 0 unspecified atom stereocenters. The number of aromatic nitrogens is 2. The minimum Gasteiger partial charge on any atom is -0.366 e. The van der Waals surface area contributed by atoms with Gasteiger partial charge in [-0.25, -0.2) is 18.1 Å². The number of sulfonamides is 1. The number of halogens is 2. The molecular formula is C11H16Cl2N4O2S. The van der Waals surface area contributed by atoms with E-state index in [1.54, 1.807) is 0 Å². The maximum atomic E-state index is 11.3. The second-order valence-corrected chi connectivity index (χ2v) is 7.46. The third kappa shape index (κ3) is 4.73. The lowest BCUT2D eigenvalue weighted by Gasteiger charge is -2.30. The van der Waals surface area contributed by atoms with Crippen molar-refractivity contribution in [2.75, 3.05) is 11.6 Å². The van der Waals surface area contributed by atoms with Crippen molar-refractivity contribution in [2.24, 2.45) is 0 Å². The van der Waals surface area contributed by atoms with Crippen LogP contribution in [0.5, 0.6) is 0 Å². The summed E-state index contributed by atoms with van der Waals surface area (Å²) < 4.78 is 25.2. The zero-order chi connectivity index (χ0) is 14.8. The third-order valence-corrected chi connectivity index (χ3v) is 4.33. The Hall–Kier alpha value is -0.630. The summed E-state index contributed by atoms with van der Waals surface area (Å²) in [6.45, 7) is 0. The van der Waals surface area contributed by atoms with Gasteiger partial charge in [-0.05, 0) is 37.3 Å². The summed E-state index contributed by atoms with van der Waals surface area (Å²) in [6, 6.07) is 0.0406. The standard InChI is InChI=1S/C11H16Cl2N4O2S/c1-20(18,19)17-8-4-2-3-7(5-8)15-10-9(12)6-14-11(13)16-10/h6-8,17H,2-5H2,1H3,(H,14,15,16)/t7-,8-/m1/s1. The van der Waals surface area contributed by atoms with Crippen LogP contribution in [0.25, 0.3) is 0 Å². The lowest BCUT2D eigenvalue weighted by atomic mass is 9.91. The molecule has 0 radical (unpaired) electrons. The molecule has 20 heavy (non-hydrogen) atoms. The Kier molecular flexibility index (Phi) is 5.06. The molecule has 0 aromatic carbocycles. The first-order valence-corrected chi connectivity index (χ1v) is 8.90. The molecule has 0 saturated heterocycles. The molecule has 0 spiro atoms. The van der Waals surface area contributed by atoms with E-state index in [9.17, 15) is 8.42 Å². The van der Waals surface area contributed by atoms with E-state index in [-0.39, 0.29) is 17.4 Å². The van der Waals surface area contributed by atoms with Gasteiger partial charge in [-0.1, -0.05) is 11.6 Å². The average Bonchev–Trinajstić information content (AvgIpc) is 2.32. The Bertz CT molecular complexity index is 582. The molecule has 1 aliphatic carbocycles. The van der Waals surface area contributed by atoms with Crippen molar-refractivity contribution in [2.45, 2.75) is 37.8 Å². The van der Waals surface area contributed by atoms with Crippen LogP contribution in [-0.4, -0.2) is 36.7 Å². The van der Waals surface area contributed by atoms with Crippen molar-refractivity contribution < 1.29 is 8.42 Å². The summed E-state index contributed by atoms with van der Waals surface area (Å²) in [4.78, 5) is 7.83. The zero-order valence-electron chi connectivity index (χ0n) is 10.9. The maximum Gasteiger partial charge on any atom is 0.224 e. The normalized spacial score (nSPS) is 23.6. The van der Waals surface area contributed by atoms with Crippen LogP contribution in [0.15, 0.2) is 6.20 Å². The van der Waals surface area contributed by atoms with E-state index in [0.29, 0.717) is 17.3 Å². The maximum absolute atomic E-state index is 11.3. The summed E-state index contributed by atoms with van der Waals surface area (Å²) in [5, 5.41) is 3.72. The molecule has 2 atom stereocenters. The SMILES string of the molecule is CS(=O)(=O)N[C@@H]1CCC[C@@H](Nc2nc(Cl)ncc2Cl)C1. The van der Waals surface area contributed by atoms with Crippen LogP contribution >= 0.6 is 23.2 Å². The summed E-state index contributed by atoms with van der Waals surface area (Å²) >= 11 is 11.7. The molecule has 9 heteroatoms. The van der Waals surface area contributed by atoms with Crippen LogP contribution in [0.2, 0.25) is 10.3 Å². The first-order chi connectivity index (χ1) is 9.33. The highest BCUT2D eigenvalue weighted by Gasteiger charge is 2.24. The molecule has 0 amide bonds. The summed E-state index contributed by atoms with van der Waals surface area (Å²) in [6.07, 6.45) is 6.00. The van der Waals surface area contributed by atoms with E-state index in [1.165, 1.54) is 12.5 Å². The summed E-state index contributed by atoms with van der Waals surface area (Å²) in [5.41, 5.74) is 0. The van der Waals surface area contributed by atoms with Crippen LogP contribution in [0.4, 0.5) is 5.82 Å². The third-order valence-electron chi connectivity index (χ3n) is 3.11. The van der Waals surface area contributed by atoms with Crippen LogP contribution in [0.3, 0.4) is 0 Å². The van der Waals surface area contributed by atoms with Gasteiger partial charge < -0.3 is 5.32 Å².